The van der Waals surface area contributed by atoms with Crippen molar-refractivity contribution in [2.45, 2.75) is 19.4 Å². The quantitative estimate of drug-likeness (QED) is 0.830. The van der Waals surface area contributed by atoms with Crippen molar-refractivity contribution in [3.8, 4) is 11.3 Å². The first-order valence-electron chi connectivity index (χ1n) is 5.96. The minimum atomic E-state index is -0.283. The molecule has 0 saturated carbocycles. The number of rotatable bonds is 1. The molecule has 1 aromatic heterocycles. The first-order chi connectivity index (χ1) is 8.58. The monoisotopic (exact) mass is 238 g/mol. The zero-order valence-corrected chi connectivity index (χ0v) is 10.4. The van der Waals surface area contributed by atoms with Gasteiger partial charge in [-0.15, -0.1) is 0 Å². The molecule has 0 bridgehead atoms. The topological polar surface area (TPSA) is 42.0 Å². The van der Waals surface area contributed by atoms with Crippen LogP contribution in [-0.4, -0.2) is 10.9 Å². The van der Waals surface area contributed by atoms with Gasteiger partial charge in [-0.1, -0.05) is 18.2 Å². The van der Waals surface area contributed by atoms with Crippen molar-refractivity contribution >= 4 is 5.91 Å². The van der Waals surface area contributed by atoms with E-state index in [1.54, 1.807) is 6.20 Å². The lowest BCUT2D eigenvalue weighted by Gasteiger charge is -2.18. The normalized spacial score (nSPS) is 16.2. The number of benzene rings is 1. The van der Waals surface area contributed by atoms with Gasteiger partial charge in [-0.2, -0.15) is 0 Å². The Balaban J connectivity index is 2.14. The second-order valence-corrected chi connectivity index (χ2v) is 5.05. The van der Waals surface area contributed by atoms with Crippen LogP contribution in [-0.2, 0) is 5.54 Å². The average Bonchev–Trinajstić information content (AvgIpc) is 2.61. The van der Waals surface area contributed by atoms with Crippen molar-refractivity contribution in [1.82, 2.24) is 10.3 Å². The van der Waals surface area contributed by atoms with Gasteiger partial charge in [0.25, 0.3) is 5.91 Å². The number of hydrogen-bond donors (Lipinski definition) is 1. The van der Waals surface area contributed by atoms with Crippen LogP contribution in [0.15, 0.2) is 42.6 Å². The molecule has 18 heavy (non-hydrogen) atoms. The van der Waals surface area contributed by atoms with Crippen LogP contribution in [0.2, 0.25) is 0 Å². The third-order valence-corrected chi connectivity index (χ3v) is 3.32. The number of nitrogens with zero attached hydrogens (tertiary/aromatic N) is 1. The zero-order chi connectivity index (χ0) is 12.8. The summed E-state index contributed by atoms with van der Waals surface area (Å²) < 4.78 is 0. The van der Waals surface area contributed by atoms with Crippen molar-refractivity contribution in [2.24, 2.45) is 0 Å². The molecule has 1 amide bonds. The Morgan fingerprint density at radius 2 is 2.00 bits per heavy atom. The van der Waals surface area contributed by atoms with Gasteiger partial charge < -0.3 is 5.32 Å². The van der Waals surface area contributed by atoms with E-state index in [0.29, 0.717) is 0 Å². The molecule has 0 atom stereocenters. The molecule has 2 aromatic rings. The SMILES string of the molecule is CC1(C)NC(=O)c2cc(-c3ccccn3)ccc21. The van der Waals surface area contributed by atoms with E-state index >= 15 is 0 Å². The largest absolute Gasteiger partial charge is 0.343 e. The average molecular weight is 238 g/mol. The molecule has 1 aliphatic rings. The molecule has 3 nitrogen and oxygen atoms in total. The molecule has 0 fully saturated rings. The first-order valence-corrected chi connectivity index (χ1v) is 5.96. The van der Waals surface area contributed by atoms with Gasteiger partial charge in [-0.05, 0) is 37.6 Å². The summed E-state index contributed by atoms with van der Waals surface area (Å²) in [5.74, 6) is -0.00668. The standard InChI is InChI=1S/C15H14N2O/c1-15(2)12-7-6-10(9-11(12)14(18)17-15)13-5-3-4-8-16-13/h3-9H,1-2H3,(H,17,18). The van der Waals surface area contributed by atoms with Gasteiger partial charge in [-0.3, -0.25) is 9.78 Å². The molecule has 2 heterocycles. The van der Waals surface area contributed by atoms with Crippen LogP contribution < -0.4 is 5.32 Å². The van der Waals surface area contributed by atoms with Gasteiger partial charge in [0.15, 0.2) is 0 Å². The van der Waals surface area contributed by atoms with E-state index in [2.05, 4.69) is 10.3 Å². The molecular formula is C15H14N2O. The Labute approximate surface area is 106 Å². The highest BCUT2D eigenvalue weighted by molar-refractivity contribution is 6.00. The lowest BCUT2D eigenvalue weighted by molar-refractivity contribution is 0.0940. The fourth-order valence-corrected chi connectivity index (χ4v) is 2.39. The smallest absolute Gasteiger partial charge is 0.252 e. The minimum absolute atomic E-state index is 0.00668. The van der Waals surface area contributed by atoms with Crippen LogP contribution in [0.4, 0.5) is 0 Å². The summed E-state index contributed by atoms with van der Waals surface area (Å²) in [6.45, 7) is 4.02. The maximum Gasteiger partial charge on any atom is 0.252 e. The van der Waals surface area contributed by atoms with Crippen molar-refractivity contribution in [2.75, 3.05) is 0 Å². The summed E-state index contributed by atoms with van der Waals surface area (Å²) in [7, 11) is 0. The molecule has 3 rings (SSSR count). The van der Waals surface area contributed by atoms with Crippen LogP contribution in [0, 0.1) is 0 Å². The van der Waals surface area contributed by atoms with Gasteiger partial charge in [-0.25, -0.2) is 0 Å². The predicted octanol–water partition coefficient (Wildman–Crippen LogP) is 2.73. The van der Waals surface area contributed by atoms with Crippen molar-refractivity contribution in [1.29, 1.82) is 0 Å². The lowest BCUT2D eigenvalue weighted by Crippen LogP contribution is -2.32. The number of hydrogen-bond acceptors (Lipinski definition) is 2. The molecule has 1 N–H and O–H groups in total. The predicted molar refractivity (Wildman–Crippen MR) is 70.2 cm³/mol. The number of nitrogens with one attached hydrogen (secondary N) is 1. The van der Waals surface area contributed by atoms with Gasteiger partial charge in [0.2, 0.25) is 0 Å². The first kappa shape index (κ1) is 11.0. The molecule has 0 aliphatic carbocycles. The van der Waals surface area contributed by atoms with Crippen LogP contribution >= 0.6 is 0 Å². The second kappa shape index (κ2) is 3.67. The molecular weight excluding hydrogens is 224 g/mol. The van der Waals surface area contributed by atoms with E-state index in [0.717, 1.165) is 22.4 Å². The summed E-state index contributed by atoms with van der Waals surface area (Å²) in [6, 6.07) is 11.7. The highest BCUT2D eigenvalue weighted by Crippen LogP contribution is 2.32. The van der Waals surface area contributed by atoms with Crippen molar-refractivity contribution < 1.29 is 4.79 Å². The molecule has 0 saturated heterocycles. The summed E-state index contributed by atoms with van der Waals surface area (Å²) in [6.07, 6.45) is 1.76. The van der Waals surface area contributed by atoms with E-state index in [1.807, 2.05) is 50.2 Å². The van der Waals surface area contributed by atoms with E-state index in [1.165, 1.54) is 0 Å². The van der Waals surface area contributed by atoms with Crippen LogP contribution in [0.1, 0.15) is 29.8 Å². The summed E-state index contributed by atoms with van der Waals surface area (Å²) in [5.41, 5.74) is 3.38. The van der Waals surface area contributed by atoms with E-state index in [9.17, 15) is 4.79 Å². The molecule has 0 radical (unpaired) electrons. The maximum atomic E-state index is 11.9. The molecule has 0 spiro atoms. The third kappa shape index (κ3) is 1.59. The maximum absolute atomic E-state index is 11.9. The van der Waals surface area contributed by atoms with Gasteiger partial charge in [0.1, 0.15) is 0 Å². The van der Waals surface area contributed by atoms with Crippen LogP contribution in [0.3, 0.4) is 0 Å². The molecule has 3 heteroatoms. The van der Waals surface area contributed by atoms with E-state index in [4.69, 9.17) is 0 Å². The lowest BCUT2D eigenvalue weighted by atomic mass is 9.93. The number of fused-ring (bicyclic) bond motifs is 1. The number of carbonyl (C=O) groups excluding carboxylic acids is 1. The minimum Gasteiger partial charge on any atom is -0.343 e. The number of amides is 1. The Morgan fingerprint density at radius 3 is 2.72 bits per heavy atom. The molecule has 1 aliphatic heterocycles. The van der Waals surface area contributed by atoms with Crippen molar-refractivity contribution in [3.05, 3.63) is 53.7 Å². The summed E-state index contributed by atoms with van der Waals surface area (Å²) >= 11 is 0. The summed E-state index contributed by atoms with van der Waals surface area (Å²) in [4.78, 5) is 16.2. The number of carbonyl (C=O) groups is 1. The second-order valence-electron chi connectivity index (χ2n) is 5.05. The highest BCUT2D eigenvalue weighted by atomic mass is 16.2. The third-order valence-electron chi connectivity index (χ3n) is 3.32. The number of aromatic nitrogens is 1. The Hall–Kier alpha value is -2.16. The molecule has 0 unspecified atom stereocenters. The van der Waals surface area contributed by atoms with Gasteiger partial charge in [0, 0.05) is 17.3 Å². The zero-order valence-electron chi connectivity index (χ0n) is 10.4. The van der Waals surface area contributed by atoms with E-state index < -0.39 is 0 Å². The van der Waals surface area contributed by atoms with Crippen LogP contribution in [0.25, 0.3) is 11.3 Å². The van der Waals surface area contributed by atoms with E-state index in [-0.39, 0.29) is 11.4 Å². The highest BCUT2D eigenvalue weighted by Gasteiger charge is 2.34. The molecule has 90 valence electrons. The fraction of sp³-hybridized carbons (Fsp3) is 0.200. The number of pyridine rings is 1. The van der Waals surface area contributed by atoms with Crippen molar-refractivity contribution in [3.63, 3.8) is 0 Å². The fourth-order valence-electron chi connectivity index (χ4n) is 2.39. The van der Waals surface area contributed by atoms with Gasteiger partial charge >= 0.3 is 0 Å². The Morgan fingerprint density at radius 1 is 1.17 bits per heavy atom. The van der Waals surface area contributed by atoms with Crippen LogP contribution in [0.5, 0.6) is 0 Å². The summed E-state index contributed by atoms with van der Waals surface area (Å²) in [5, 5.41) is 2.98. The Bertz CT molecular complexity index is 618. The molecule has 1 aromatic carbocycles. The van der Waals surface area contributed by atoms with Gasteiger partial charge in [0.05, 0.1) is 11.2 Å². The Kier molecular flexibility index (Phi) is 2.23.